The maximum atomic E-state index is 12.1. The normalized spacial score (nSPS) is 15.3. The number of hydrogen-bond donors (Lipinski definition) is 1. The molecule has 6 heteroatoms. The van der Waals surface area contributed by atoms with Crippen LogP contribution in [0, 0.1) is 0 Å². The fraction of sp³-hybridized carbons (Fsp3) is 0.429. The van der Waals surface area contributed by atoms with Gasteiger partial charge in [0.2, 0.25) is 0 Å². The Bertz CT molecular complexity index is 528. The van der Waals surface area contributed by atoms with E-state index in [1.807, 2.05) is 0 Å². The average molecular weight is 279 g/mol. The van der Waals surface area contributed by atoms with E-state index in [0.29, 0.717) is 23.4 Å². The maximum Gasteiger partial charge on any atom is 0.328 e. The van der Waals surface area contributed by atoms with Gasteiger partial charge in [-0.2, -0.15) is 0 Å². The van der Waals surface area contributed by atoms with Crippen LogP contribution < -0.4 is 9.64 Å². The van der Waals surface area contributed by atoms with Gasteiger partial charge in [0, 0.05) is 0 Å². The first-order chi connectivity index (χ1) is 9.62. The van der Waals surface area contributed by atoms with E-state index in [2.05, 4.69) is 0 Å². The second-order valence-electron chi connectivity index (χ2n) is 4.46. The van der Waals surface area contributed by atoms with Crippen LogP contribution in [0.15, 0.2) is 18.2 Å². The van der Waals surface area contributed by atoms with Gasteiger partial charge >= 0.3 is 5.97 Å². The molecule has 0 saturated heterocycles. The SMILES string of the molecule is CCC(C(=O)OC)N1C(=O)COc2ccc(CO)cc21. The molecular weight excluding hydrogens is 262 g/mol. The van der Waals surface area contributed by atoms with Crippen molar-refractivity contribution < 1.29 is 24.2 Å². The Balaban J connectivity index is 2.47. The molecule has 0 saturated carbocycles. The van der Waals surface area contributed by atoms with Gasteiger partial charge in [-0.05, 0) is 24.1 Å². The van der Waals surface area contributed by atoms with Crippen LogP contribution in [0.4, 0.5) is 5.69 Å². The topological polar surface area (TPSA) is 76.1 Å². The molecule has 108 valence electrons. The fourth-order valence-corrected chi connectivity index (χ4v) is 2.25. The van der Waals surface area contributed by atoms with Crippen LogP contribution in [0.3, 0.4) is 0 Å². The Kier molecular flexibility index (Phi) is 4.24. The molecule has 0 spiro atoms. The van der Waals surface area contributed by atoms with Gasteiger partial charge in [-0.1, -0.05) is 13.0 Å². The number of fused-ring (bicyclic) bond motifs is 1. The number of carbonyl (C=O) groups excluding carboxylic acids is 2. The van der Waals surface area contributed by atoms with Gasteiger partial charge in [-0.3, -0.25) is 9.69 Å². The Morgan fingerprint density at radius 1 is 1.55 bits per heavy atom. The highest BCUT2D eigenvalue weighted by atomic mass is 16.5. The molecular formula is C14H17NO5. The van der Waals surface area contributed by atoms with Crippen molar-refractivity contribution in [2.45, 2.75) is 26.0 Å². The minimum Gasteiger partial charge on any atom is -0.482 e. The summed E-state index contributed by atoms with van der Waals surface area (Å²) in [6, 6.07) is 4.36. The number of nitrogens with zero attached hydrogens (tertiary/aromatic N) is 1. The lowest BCUT2D eigenvalue weighted by Crippen LogP contribution is -2.49. The predicted molar refractivity (Wildman–Crippen MR) is 71.4 cm³/mol. The van der Waals surface area contributed by atoms with Crippen LogP contribution in [0.1, 0.15) is 18.9 Å². The molecule has 1 aliphatic rings. The Labute approximate surface area is 116 Å². The number of hydrogen-bond acceptors (Lipinski definition) is 5. The molecule has 0 radical (unpaired) electrons. The van der Waals surface area contributed by atoms with Crippen molar-refractivity contribution in [1.29, 1.82) is 0 Å². The maximum absolute atomic E-state index is 12.1. The Morgan fingerprint density at radius 3 is 2.90 bits per heavy atom. The minimum absolute atomic E-state index is 0.112. The number of aliphatic hydroxyl groups is 1. The molecule has 1 amide bonds. The summed E-state index contributed by atoms with van der Waals surface area (Å²) in [5, 5.41) is 9.21. The first kappa shape index (κ1) is 14.3. The average Bonchev–Trinajstić information content (AvgIpc) is 2.49. The van der Waals surface area contributed by atoms with Crippen LogP contribution in [0.25, 0.3) is 0 Å². The van der Waals surface area contributed by atoms with Crippen molar-refractivity contribution >= 4 is 17.6 Å². The highest BCUT2D eigenvalue weighted by Crippen LogP contribution is 2.35. The monoisotopic (exact) mass is 279 g/mol. The molecule has 0 bridgehead atoms. The molecule has 0 fully saturated rings. The zero-order chi connectivity index (χ0) is 14.7. The Hall–Kier alpha value is -2.08. The molecule has 2 rings (SSSR count). The lowest BCUT2D eigenvalue weighted by atomic mass is 10.1. The lowest BCUT2D eigenvalue weighted by Gasteiger charge is -2.34. The number of rotatable bonds is 4. The van der Waals surface area contributed by atoms with Crippen LogP contribution in [-0.4, -0.2) is 36.7 Å². The molecule has 6 nitrogen and oxygen atoms in total. The summed E-state index contributed by atoms with van der Waals surface area (Å²) in [5.41, 5.74) is 1.14. The molecule has 1 unspecified atom stereocenters. The van der Waals surface area contributed by atoms with Crippen molar-refractivity contribution in [3.8, 4) is 5.75 Å². The van der Waals surface area contributed by atoms with Crippen molar-refractivity contribution in [2.24, 2.45) is 0 Å². The molecule has 1 aromatic rings. The lowest BCUT2D eigenvalue weighted by molar-refractivity contribution is -0.144. The van der Waals surface area contributed by atoms with Crippen molar-refractivity contribution in [3.05, 3.63) is 23.8 Å². The summed E-state index contributed by atoms with van der Waals surface area (Å²) < 4.78 is 10.1. The first-order valence-electron chi connectivity index (χ1n) is 6.38. The third-order valence-corrected chi connectivity index (χ3v) is 3.26. The predicted octanol–water partition coefficient (Wildman–Crippen LogP) is 0.856. The number of benzene rings is 1. The second-order valence-corrected chi connectivity index (χ2v) is 4.46. The molecule has 1 aliphatic heterocycles. The number of amides is 1. The van der Waals surface area contributed by atoms with Crippen LogP contribution >= 0.6 is 0 Å². The smallest absolute Gasteiger partial charge is 0.328 e. The number of carbonyl (C=O) groups is 2. The molecule has 1 heterocycles. The fourth-order valence-electron chi connectivity index (χ4n) is 2.25. The summed E-state index contributed by atoms with van der Waals surface area (Å²) in [7, 11) is 1.29. The Morgan fingerprint density at radius 2 is 2.30 bits per heavy atom. The number of methoxy groups -OCH3 is 1. The zero-order valence-corrected chi connectivity index (χ0v) is 11.5. The van der Waals surface area contributed by atoms with E-state index in [0.717, 1.165) is 0 Å². The summed E-state index contributed by atoms with van der Waals surface area (Å²) in [6.45, 7) is 1.54. The van der Waals surface area contributed by atoms with Crippen LogP contribution in [0.2, 0.25) is 0 Å². The van der Waals surface area contributed by atoms with Gasteiger partial charge in [0.25, 0.3) is 5.91 Å². The van der Waals surface area contributed by atoms with Gasteiger partial charge in [-0.25, -0.2) is 4.79 Å². The third-order valence-electron chi connectivity index (χ3n) is 3.26. The van der Waals surface area contributed by atoms with Gasteiger partial charge in [0.05, 0.1) is 19.4 Å². The quantitative estimate of drug-likeness (QED) is 0.827. The highest BCUT2D eigenvalue weighted by Gasteiger charge is 2.35. The molecule has 0 aromatic heterocycles. The summed E-state index contributed by atoms with van der Waals surface area (Å²) >= 11 is 0. The van der Waals surface area contributed by atoms with Crippen molar-refractivity contribution in [1.82, 2.24) is 0 Å². The standard InChI is InChI=1S/C14H17NO5/c1-3-10(14(18)19-2)15-11-6-9(7-16)4-5-12(11)20-8-13(15)17/h4-6,10,16H,3,7-8H2,1-2H3. The van der Waals surface area contributed by atoms with Gasteiger partial charge in [0.1, 0.15) is 11.8 Å². The molecule has 1 aromatic carbocycles. The van der Waals surface area contributed by atoms with E-state index in [9.17, 15) is 14.7 Å². The van der Waals surface area contributed by atoms with Gasteiger partial charge < -0.3 is 14.6 Å². The van der Waals surface area contributed by atoms with E-state index in [1.165, 1.54) is 12.0 Å². The largest absolute Gasteiger partial charge is 0.482 e. The first-order valence-corrected chi connectivity index (χ1v) is 6.38. The van der Waals surface area contributed by atoms with E-state index < -0.39 is 12.0 Å². The van der Waals surface area contributed by atoms with E-state index >= 15 is 0 Å². The number of esters is 1. The molecule has 20 heavy (non-hydrogen) atoms. The van der Waals surface area contributed by atoms with Crippen molar-refractivity contribution in [2.75, 3.05) is 18.6 Å². The molecule has 1 atom stereocenters. The third kappa shape index (κ3) is 2.46. The zero-order valence-electron chi connectivity index (χ0n) is 11.5. The van der Waals surface area contributed by atoms with E-state index in [1.54, 1.807) is 25.1 Å². The van der Waals surface area contributed by atoms with E-state index in [-0.39, 0.29) is 19.1 Å². The van der Waals surface area contributed by atoms with Crippen LogP contribution in [-0.2, 0) is 20.9 Å². The molecule has 1 N–H and O–H groups in total. The number of anilines is 1. The number of aliphatic hydroxyl groups excluding tert-OH is 1. The summed E-state index contributed by atoms with van der Waals surface area (Å²) in [6.07, 6.45) is 0.432. The highest BCUT2D eigenvalue weighted by molar-refractivity contribution is 6.02. The summed E-state index contributed by atoms with van der Waals surface area (Å²) in [5.74, 6) is -0.253. The minimum atomic E-state index is -0.691. The molecule has 0 aliphatic carbocycles. The number of ether oxygens (including phenoxy) is 2. The van der Waals surface area contributed by atoms with E-state index in [4.69, 9.17) is 9.47 Å². The van der Waals surface area contributed by atoms with Gasteiger partial charge in [-0.15, -0.1) is 0 Å². The second kappa shape index (κ2) is 5.92. The van der Waals surface area contributed by atoms with Gasteiger partial charge in [0.15, 0.2) is 6.61 Å². The summed E-state index contributed by atoms with van der Waals surface area (Å²) in [4.78, 5) is 25.3. The van der Waals surface area contributed by atoms with Crippen molar-refractivity contribution in [3.63, 3.8) is 0 Å². The van der Waals surface area contributed by atoms with Crippen LogP contribution in [0.5, 0.6) is 5.75 Å².